The first-order chi connectivity index (χ1) is 7.96. The largest absolute Gasteiger partial charge is 0.323 e. The van der Waals surface area contributed by atoms with Crippen LogP contribution >= 0.6 is 0 Å². The average molecular weight is 236 g/mol. The lowest BCUT2D eigenvalue weighted by Gasteiger charge is -2.23. The molecule has 3 heteroatoms. The van der Waals surface area contributed by atoms with Crippen LogP contribution in [0.25, 0.3) is 0 Å². The summed E-state index contributed by atoms with van der Waals surface area (Å²) in [6.45, 7) is 7.64. The first-order valence-electron chi connectivity index (χ1n) is 6.20. The molecule has 1 fully saturated rings. The minimum atomic E-state index is -0.205. The van der Waals surface area contributed by atoms with E-state index in [0.717, 1.165) is 25.2 Å². The van der Waals surface area contributed by atoms with Crippen LogP contribution in [0.15, 0.2) is 24.3 Å². The minimum Gasteiger partial charge on any atom is -0.323 e. The lowest BCUT2D eigenvalue weighted by atomic mass is 9.93. The van der Waals surface area contributed by atoms with Gasteiger partial charge in [0.25, 0.3) is 0 Å². The van der Waals surface area contributed by atoms with Gasteiger partial charge >= 0.3 is 0 Å². The first kappa shape index (κ1) is 12.5. The van der Waals surface area contributed by atoms with Crippen LogP contribution in [0.2, 0.25) is 0 Å². The summed E-state index contributed by atoms with van der Waals surface area (Å²) in [4.78, 5) is 2.40. The number of hydrogen-bond acceptors (Lipinski definition) is 2. The third-order valence-electron chi connectivity index (χ3n) is 3.51. The monoisotopic (exact) mass is 236 g/mol. The maximum absolute atomic E-state index is 12.8. The van der Waals surface area contributed by atoms with Crippen LogP contribution in [0.3, 0.4) is 0 Å². The van der Waals surface area contributed by atoms with Crippen molar-refractivity contribution in [3.05, 3.63) is 35.6 Å². The number of halogens is 1. The van der Waals surface area contributed by atoms with Crippen LogP contribution in [0.1, 0.15) is 31.9 Å². The highest BCUT2D eigenvalue weighted by atomic mass is 19.1. The van der Waals surface area contributed by atoms with Crippen LogP contribution in [0.5, 0.6) is 0 Å². The van der Waals surface area contributed by atoms with E-state index in [0.29, 0.717) is 5.41 Å². The summed E-state index contributed by atoms with van der Waals surface area (Å²) in [5, 5.41) is 0. The molecule has 94 valence electrons. The number of likely N-dealkylation sites (tertiary alicyclic amines) is 1. The van der Waals surface area contributed by atoms with E-state index < -0.39 is 0 Å². The molecule has 0 amide bonds. The Hall–Kier alpha value is -0.930. The van der Waals surface area contributed by atoms with Crippen molar-refractivity contribution in [2.24, 2.45) is 11.1 Å². The van der Waals surface area contributed by atoms with Gasteiger partial charge in [-0.2, -0.15) is 0 Å². The number of nitrogens with two attached hydrogens (primary N) is 1. The van der Waals surface area contributed by atoms with Crippen molar-refractivity contribution < 1.29 is 4.39 Å². The zero-order chi connectivity index (χ0) is 12.5. The van der Waals surface area contributed by atoms with E-state index in [1.807, 2.05) is 0 Å². The number of benzene rings is 1. The summed E-state index contributed by atoms with van der Waals surface area (Å²) < 4.78 is 12.8. The van der Waals surface area contributed by atoms with Crippen molar-refractivity contribution in [3.8, 4) is 0 Å². The fourth-order valence-electron chi connectivity index (χ4n) is 2.47. The van der Waals surface area contributed by atoms with Crippen molar-refractivity contribution in [1.82, 2.24) is 4.90 Å². The molecule has 2 N–H and O–H groups in total. The Morgan fingerprint density at radius 1 is 1.35 bits per heavy atom. The Morgan fingerprint density at radius 3 is 2.53 bits per heavy atom. The van der Waals surface area contributed by atoms with Gasteiger partial charge in [-0.25, -0.2) is 4.39 Å². The molecule has 1 aromatic rings. The quantitative estimate of drug-likeness (QED) is 0.874. The zero-order valence-electron chi connectivity index (χ0n) is 10.6. The molecule has 2 nitrogen and oxygen atoms in total. The van der Waals surface area contributed by atoms with Gasteiger partial charge in [-0.1, -0.05) is 26.0 Å². The second-order valence-electron chi connectivity index (χ2n) is 5.81. The average Bonchev–Trinajstić information content (AvgIpc) is 2.59. The summed E-state index contributed by atoms with van der Waals surface area (Å²) in [6, 6.07) is 6.48. The van der Waals surface area contributed by atoms with E-state index in [9.17, 15) is 4.39 Å². The van der Waals surface area contributed by atoms with Crippen LogP contribution in [-0.2, 0) is 0 Å². The summed E-state index contributed by atoms with van der Waals surface area (Å²) in [5.41, 5.74) is 7.56. The van der Waals surface area contributed by atoms with Crippen LogP contribution < -0.4 is 5.73 Å². The summed E-state index contributed by atoms with van der Waals surface area (Å²) in [6.07, 6.45) is 1.23. The Balaban J connectivity index is 1.93. The zero-order valence-corrected chi connectivity index (χ0v) is 10.6. The second kappa shape index (κ2) is 4.75. The van der Waals surface area contributed by atoms with Crippen molar-refractivity contribution >= 4 is 0 Å². The lowest BCUT2D eigenvalue weighted by molar-refractivity contribution is 0.276. The highest BCUT2D eigenvalue weighted by Crippen LogP contribution is 2.29. The van der Waals surface area contributed by atoms with Gasteiger partial charge in [0.2, 0.25) is 0 Å². The fourth-order valence-corrected chi connectivity index (χ4v) is 2.47. The molecule has 1 aliphatic rings. The molecule has 1 heterocycles. The van der Waals surface area contributed by atoms with Gasteiger partial charge in [-0.05, 0) is 36.1 Å². The van der Waals surface area contributed by atoms with Gasteiger partial charge < -0.3 is 10.6 Å². The first-order valence-corrected chi connectivity index (χ1v) is 6.20. The fraction of sp³-hybridized carbons (Fsp3) is 0.571. The Labute approximate surface area is 103 Å². The highest BCUT2D eigenvalue weighted by Gasteiger charge is 2.29. The number of hydrogen-bond donors (Lipinski definition) is 1. The van der Waals surface area contributed by atoms with Gasteiger partial charge in [0, 0.05) is 19.1 Å². The summed E-state index contributed by atoms with van der Waals surface area (Å²) in [7, 11) is 0. The molecule has 0 saturated carbocycles. The normalized spacial score (nSPS) is 21.6. The third-order valence-corrected chi connectivity index (χ3v) is 3.51. The molecule has 0 radical (unpaired) electrons. The van der Waals surface area contributed by atoms with Crippen molar-refractivity contribution in [1.29, 1.82) is 0 Å². The Bertz CT molecular complexity index is 372. The van der Waals surface area contributed by atoms with Gasteiger partial charge in [0.05, 0.1) is 0 Å². The third kappa shape index (κ3) is 3.27. The van der Waals surface area contributed by atoms with Gasteiger partial charge in [-0.3, -0.25) is 0 Å². The number of nitrogens with zero attached hydrogens (tertiary/aromatic N) is 1. The smallest absolute Gasteiger partial charge is 0.123 e. The molecule has 1 unspecified atom stereocenters. The topological polar surface area (TPSA) is 29.3 Å². The summed E-state index contributed by atoms with van der Waals surface area (Å²) in [5.74, 6) is -0.205. The van der Waals surface area contributed by atoms with E-state index in [1.165, 1.54) is 18.6 Å². The van der Waals surface area contributed by atoms with E-state index in [-0.39, 0.29) is 11.9 Å². The molecular formula is C14H21FN2. The molecule has 2 rings (SSSR count). The molecule has 1 saturated heterocycles. The maximum Gasteiger partial charge on any atom is 0.123 e. The SMILES string of the molecule is CC1(C)CCN(CC(N)c2ccc(F)cc2)C1. The molecule has 0 aromatic heterocycles. The predicted octanol–water partition coefficient (Wildman–Crippen LogP) is 2.56. The molecule has 1 aliphatic heterocycles. The van der Waals surface area contributed by atoms with Crippen molar-refractivity contribution in [2.45, 2.75) is 26.3 Å². The maximum atomic E-state index is 12.8. The van der Waals surface area contributed by atoms with E-state index >= 15 is 0 Å². The Morgan fingerprint density at radius 2 is 2.00 bits per heavy atom. The van der Waals surface area contributed by atoms with E-state index in [1.54, 1.807) is 12.1 Å². The molecule has 0 aliphatic carbocycles. The van der Waals surface area contributed by atoms with Crippen LogP contribution in [-0.4, -0.2) is 24.5 Å². The molecule has 1 aromatic carbocycles. The second-order valence-corrected chi connectivity index (χ2v) is 5.81. The molecule has 1 atom stereocenters. The minimum absolute atomic E-state index is 0.0236. The molecule has 0 spiro atoms. The summed E-state index contributed by atoms with van der Waals surface area (Å²) >= 11 is 0. The lowest BCUT2D eigenvalue weighted by Crippen LogP contribution is -2.31. The number of rotatable bonds is 3. The van der Waals surface area contributed by atoms with E-state index in [2.05, 4.69) is 18.7 Å². The standard InChI is InChI=1S/C14H21FN2/c1-14(2)7-8-17(10-14)9-13(16)11-3-5-12(15)6-4-11/h3-6,13H,7-10,16H2,1-2H3. The van der Waals surface area contributed by atoms with Crippen LogP contribution in [0.4, 0.5) is 4.39 Å². The highest BCUT2D eigenvalue weighted by molar-refractivity contribution is 5.19. The van der Waals surface area contributed by atoms with Crippen LogP contribution in [0, 0.1) is 11.2 Å². The Kier molecular flexibility index (Phi) is 3.50. The molecule has 0 bridgehead atoms. The van der Waals surface area contributed by atoms with Crippen molar-refractivity contribution in [2.75, 3.05) is 19.6 Å². The predicted molar refractivity (Wildman–Crippen MR) is 68.2 cm³/mol. The van der Waals surface area contributed by atoms with Gasteiger partial charge in [-0.15, -0.1) is 0 Å². The molecular weight excluding hydrogens is 215 g/mol. The molecule has 17 heavy (non-hydrogen) atoms. The van der Waals surface area contributed by atoms with Gasteiger partial charge in [0.15, 0.2) is 0 Å². The van der Waals surface area contributed by atoms with Crippen molar-refractivity contribution in [3.63, 3.8) is 0 Å². The van der Waals surface area contributed by atoms with Gasteiger partial charge in [0.1, 0.15) is 5.82 Å². The van der Waals surface area contributed by atoms with E-state index in [4.69, 9.17) is 5.73 Å².